The number of halogens is 2. The topological polar surface area (TPSA) is 49.6 Å². The fourth-order valence-electron chi connectivity index (χ4n) is 1.19. The molecular weight excluding hydrogens is 229 g/mol. The molecule has 0 aliphatic carbocycles. The summed E-state index contributed by atoms with van der Waals surface area (Å²) >= 11 is 5.78. The average Bonchev–Trinajstić information content (AvgIpc) is 2.30. The van der Waals surface area contributed by atoms with Gasteiger partial charge >= 0.3 is 0 Å². The van der Waals surface area contributed by atoms with Crippen molar-refractivity contribution >= 4 is 11.6 Å². The zero-order valence-corrected chi connectivity index (χ0v) is 8.74. The van der Waals surface area contributed by atoms with E-state index < -0.39 is 5.82 Å². The number of nitriles is 1. The second kappa shape index (κ2) is 4.25. The van der Waals surface area contributed by atoms with Gasteiger partial charge in [-0.05, 0) is 24.3 Å². The highest BCUT2D eigenvalue weighted by Gasteiger charge is 2.05. The molecule has 0 N–H and O–H groups in total. The van der Waals surface area contributed by atoms with Crippen molar-refractivity contribution in [2.45, 2.75) is 0 Å². The van der Waals surface area contributed by atoms with Crippen molar-refractivity contribution in [3.8, 4) is 17.5 Å². The number of rotatable bonds is 1. The summed E-state index contributed by atoms with van der Waals surface area (Å²) in [7, 11) is 0. The predicted octanol–water partition coefficient (Wildman–Crippen LogP) is 2.81. The minimum absolute atomic E-state index is 0.117. The lowest BCUT2D eigenvalue weighted by Crippen LogP contribution is -1.90. The molecule has 3 nitrogen and oxygen atoms in total. The van der Waals surface area contributed by atoms with Gasteiger partial charge in [0.05, 0.1) is 23.1 Å². The van der Waals surface area contributed by atoms with Crippen LogP contribution in [0.1, 0.15) is 5.56 Å². The van der Waals surface area contributed by atoms with Gasteiger partial charge in [0.25, 0.3) is 0 Å². The highest BCUT2D eigenvalue weighted by atomic mass is 35.5. The van der Waals surface area contributed by atoms with Crippen molar-refractivity contribution in [2.75, 3.05) is 0 Å². The molecule has 0 aromatic carbocycles. The van der Waals surface area contributed by atoms with Crippen molar-refractivity contribution in [1.82, 2.24) is 9.97 Å². The lowest BCUT2D eigenvalue weighted by molar-refractivity contribution is 0.622. The van der Waals surface area contributed by atoms with Crippen LogP contribution in [0.15, 0.2) is 30.5 Å². The first kappa shape index (κ1) is 10.5. The third kappa shape index (κ3) is 2.00. The smallest absolute Gasteiger partial charge is 0.147 e. The first-order chi connectivity index (χ1) is 7.70. The Balaban J connectivity index is 2.46. The van der Waals surface area contributed by atoms with Crippen molar-refractivity contribution in [2.24, 2.45) is 0 Å². The molecule has 0 aliphatic heterocycles. The monoisotopic (exact) mass is 233 g/mol. The Hall–Kier alpha value is -1.99. The molecule has 0 aliphatic rings. The van der Waals surface area contributed by atoms with E-state index in [1.807, 2.05) is 6.07 Å². The fraction of sp³-hybridized carbons (Fsp3) is 0. The Morgan fingerprint density at radius 3 is 2.50 bits per heavy atom. The van der Waals surface area contributed by atoms with Gasteiger partial charge in [0.15, 0.2) is 0 Å². The number of hydrogen-bond donors (Lipinski definition) is 0. The third-order valence-electron chi connectivity index (χ3n) is 1.96. The molecule has 0 amide bonds. The zero-order valence-electron chi connectivity index (χ0n) is 7.98. The van der Waals surface area contributed by atoms with Gasteiger partial charge in [-0.15, -0.1) is 0 Å². The lowest BCUT2D eigenvalue weighted by atomic mass is 10.2. The van der Waals surface area contributed by atoms with Crippen molar-refractivity contribution < 1.29 is 4.39 Å². The van der Waals surface area contributed by atoms with E-state index >= 15 is 0 Å². The highest BCUT2D eigenvalue weighted by Crippen LogP contribution is 2.19. The number of nitrogens with zero attached hydrogens (tertiary/aromatic N) is 3. The highest BCUT2D eigenvalue weighted by molar-refractivity contribution is 6.30. The second-order valence-corrected chi connectivity index (χ2v) is 3.37. The quantitative estimate of drug-likeness (QED) is 0.712. The third-order valence-corrected chi connectivity index (χ3v) is 2.25. The Bertz CT molecular complexity index is 560. The van der Waals surface area contributed by atoms with E-state index in [1.165, 1.54) is 12.1 Å². The SMILES string of the molecule is N#Cc1ccc(-c2ccc(F)cn2)nc1Cl. The summed E-state index contributed by atoms with van der Waals surface area (Å²) in [5.74, 6) is -0.413. The van der Waals surface area contributed by atoms with Crippen molar-refractivity contribution in [3.05, 3.63) is 47.0 Å². The summed E-state index contributed by atoms with van der Waals surface area (Å²) in [6.07, 6.45) is 1.10. The van der Waals surface area contributed by atoms with E-state index in [0.29, 0.717) is 17.0 Å². The summed E-state index contributed by atoms with van der Waals surface area (Å²) in [5, 5.41) is 8.79. The van der Waals surface area contributed by atoms with Crippen LogP contribution in [0.4, 0.5) is 4.39 Å². The summed E-state index contributed by atoms with van der Waals surface area (Å²) in [6.45, 7) is 0. The van der Waals surface area contributed by atoms with Crippen LogP contribution < -0.4 is 0 Å². The van der Waals surface area contributed by atoms with Crippen LogP contribution >= 0.6 is 11.6 Å². The maximum absolute atomic E-state index is 12.6. The maximum Gasteiger partial charge on any atom is 0.147 e. The van der Waals surface area contributed by atoms with Gasteiger partial charge in [-0.1, -0.05) is 11.6 Å². The summed E-state index contributed by atoms with van der Waals surface area (Å²) in [5.41, 5.74) is 1.31. The van der Waals surface area contributed by atoms with Crippen LogP contribution in [0.3, 0.4) is 0 Å². The number of hydrogen-bond acceptors (Lipinski definition) is 3. The predicted molar refractivity (Wildman–Crippen MR) is 57.2 cm³/mol. The maximum atomic E-state index is 12.6. The molecule has 16 heavy (non-hydrogen) atoms. The van der Waals surface area contributed by atoms with Gasteiger partial charge in [-0.3, -0.25) is 4.98 Å². The minimum Gasteiger partial charge on any atom is -0.252 e. The molecule has 0 saturated heterocycles. The molecule has 0 radical (unpaired) electrons. The fourth-order valence-corrected chi connectivity index (χ4v) is 1.38. The van der Waals surface area contributed by atoms with E-state index in [4.69, 9.17) is 16.9 Å². The first-order valence-electron chi connectivity index (χ1n) is 4.39. The van der Waals surface area contributed by atoms with Crippen LogP contribution in [0.2, 0.25) is 5.15 Å². The molecule has 5 heteroatoms. The largest absolute Gasteiger partial charge is 0.252 e. The van der Waals surface area contributed by atoms with Crippen LogP contribution in [0.5, 0.6) is 0 Å². The molecule has 0 unspecified atom stereocenters. The van der Waals surface area contributed by atoms with Gasteiger partial charge in [-0.25, -0.2) is 9.37 Å². The van der Waals surface area contributed by atoms with Crippen LogP contribution in [0.25, 0.3) is 11.4 Å². The second-order valence-electron chi connectivity index (χ2n) is 3.01. The van der Waals surface area contributed by atoms with E-state index in [0.717, 1.165) is 6.20 Å². The molecule has 2 heterocycles. The van der Waals surface area contributed by atoms with Crippen molar-refractivity contribution in [3.63, 3.8) is 0 Å². The van der Waals surface area contributed by atoms with Crippen molar-refractivity contribution in [1.29, 1.82) is 5.26 Å². The Morgan fingerprint density at radius 2 is 1.94 bits per heavy atom. The van der Waals surface area contributed by atoms with E-state index in [-0.39, 0.29) is 5.15 Å². The van der Waals surface area contributed by atoms with Gasteiger partial charge < -0.3 is 0 Å². The van der Waals surface area contributed by atoms with Crippen LogP contribution in [-0.4, -0.2) is 9.97 Å². The first-order valence-corrected chi connectivity index (χ1v) is 4.77. The van der Waals surface area contributed by atoms with Gasteiger partial charge in [0.2, 0.25) is 0 Å². The normalized spacial score (nSPS) is 9.81. The standard InChI is InChI=1S/C11H5ClFN3/c12-11-7(5-14)1-3-10(16-11)9-4-2-8(13)6-15-9/h1-4,6H. The van der Waals surface area contributed by atoms with E-state index in [9.17, 15) is 4.39 Å². The number of aromatic nitrogens is 2. The van der Waals surface area contributed by atoms with Gasteiger partial charge in [-0.2, -0.15) is 5.26 Å². The molecule has 0 atom stereocenters. The Morgan fingerprint density at radius 1 is 1.19 bits per heavy atom. The van der Waals surface area contributed by atoms with Crippen LogP contribution in [0, 0.1) is 17.1 Å². The molecule has 0 fully saturated rings. The zero-order chi connectivity index (χ0) is 11.5. The van der Waals surface area contributed by atoms with Crippen LogP contribution in [-0.2, 0) is 0 Å². The minimum atomic E-state index is -0.413. The summed E-state index contributed by atoms with van der Waals surface area (Å²) in [4.78, 5) is 7.87. The molecule has 2 aromatic rings. The molecule has 0 spiro atoms. The summed E-state index contributed by atoms with van der Waals surface area (Å²) < 4.78 is 12.6. The Kier molecular flexibility index (Phi) is 2.80. The van der Waals surface area contributed by atoms with E-state index in [1.54, 1.807) is 12.1 Å². The van der Waals surface area contributed by atoms with Gasteiger partial charge in [0, 0.05) is 0 Å². The Labute approximate surface area is 96.2 Å². The number of pyridine rings is 2. The average molecular weight is 234 g/mol. The van der Waals surface area contributed by atoms with Gasteiger partial charge in [0.1, 0.15) is 17.0 Å². The lowest BCUT2D eigenvalue weighted by Gasteiger charge is -2.01. The molecule has 2 aromatic heterocycles. The molecule has 2 rings (SSSR count). The molecule has 0 saturated carbocycles. The van der Waals surface area contributed by atoms with E-state index in [2.05, 4.69) is 9.97 Å². The molecule has 78 valence electrons. The summed E-state index contributed by atoms with van der Waals surface area (Å²) in [6, 6.07) is 7.86. The molecule has 0 bridgehead atoms. The molecular formula is C11H5ClFN3.